The second-order valence-electron chi connectivity index (χ2n) is 12.9. The van der Waals surface area contributed by atoms with E-state index in [-0.39, 0.29) is 24.8 Å². The van der Waals surface area contributed by atoms with Gasteiger partial charge in [0, 0.05) is 54.8 Å². The molecule has 2 fully saturated rings. The van der Waals surface area contributed by atoms with Gasteiger partial charge in [0.25, 0.3) is 11.8 Å². The second kappa shape index (κ2) is 10.9. The number of hydrogen-bond acceptors (Lipinski definition) is 6. The van der Waals surface area contributed by atoms with Gasteiger partial charge in [-0.1, -0.05) is 12.1 Å². The molecule has 0 radical (unpaired) electrons. The number of nitrogens with zero attached hydrogens (tertiary/aromatic N) is 5. The summed E-state index contributed by atoms with van der Waals surface area (Å²) in [7, 11) is 3.52. The maximum absolute atomic E-state index is 14.3. The smallest absolute Gasteiger partial charge is 0.254 e. The zero-order chi connectivity index (χ0) is 31.7. The highest BCUT2D eigenvalue weighted by Gasteiger charge is 2.31. The minimum Gasteiger partial charge on any atom is -0.494 e. The number of halogens is 1. The highest BCUT2D eigenvalue weighted by molar-refractivity contribution is 6.01. The van der Waals surface area contributed by atoms with Crippen molar-refractivity contribution in [1.29, 1.82) is 0 Å². The van der Waals surface area contributed by atoms with E-state index in [1.807, 2.05) is 35.9 Å². The molecule has 5 heterocycles. The first-order chi connectivity index (χ1) is 22.3. The molecule has 10 nitrogen and oxygen atoms in total. The highest BCUT2D eigenvalue weighted by Crippen LogP contribution is 2.38. The highest BCUT2D eigenvalue weighted by atomic mass is 19.1. The van der Waals surface area contributed by atoms with Crippen LogP contribution >= 0.6 is 0 Å². The summed E-state index contributed by atoms with van der Waals surface area (Å²) in [5, 5.41) is 3.94. The molecule has 1 saturated heterocycles. The van der Waals surface area contributed by atoms with E-state index in [1.54, 1.807) is 19.2 Å². The summed E-state index contributed by atoms with van der Waals surface area (Å²) in [6.07, 6.45) is 2.21. The lowest BCUT2D eigenvalue weighted by molar-refractivity contribution is 0.0606. The quantitative estimate of drug-likeness (QED) is 0.289. The average Bonchev–Trinajstić information content (AvgIpc) is 3.72. The van der Waals surface area contributed by atoms with Gasteiger partial charge in [0.15, 0.2) is 5.82 Å². The zero-order valence-electron chi connectivity index (χ0n) is 25.9. The molecule has 2 aliphatic heterocycles. The number of alkyl halides is 1. The number of likely N-dealkylation sites (tertiary alicyclic amines) is 1. The predicted molar refractivity (Wildman–Crippen MR) is 174 cm³/mol. The summed E-state index contributed by atoms with van der Waals surface area (Å²) in [6.45, 7) is 1.75. The van der Waals surface area contributed by atoms with Gasteiger partial charge >= 0.3 is 0 Å². The van der Waals surface area contributed by atoms with Crippen LogP contribution in [0.25, 0.3) is 44.8 Å². The molecule has 3 N–H and O–H groups in total. The van der Waals surface area contributed by atoms with Gasteiger partial charge in [-0.3, -0.25) is 9.59 Å². The van der Waals surface area contributed by atoms with Crippen molar-refractivity contribution in [3.63, 3.8) is 0 Å². The van der Waals surface area contributed by atoms with Crippen LogP contribution in [0.2, 0.25) is 0 Å². The van der Waals surface area contributed by atoms with Crippen LogP contribution in [0.1, 0.15) is 45.5 Å². The number of carbonyl (C=O) groups is 2. The molecule has 0 bridgehead atoms. The molecule has 3 aromatic heterocycles. The summed E-state index contributed by atoms with van der Waals surface area (Å²) in [6, 6.07) is 15.1. The number of rotatable bonds is 6. The molecule has 236 valence electrons. The van der Waals surface area contributed by atoms with Crippen LogP contribution in [0.4, 0.5) is 4.39 Å². The number of fused-ring (bicyclic) bond motifs is 3. The molecular formula is C35H36FN7O3. The lowest BCUT2D eigenvalue weighted by atomic mass is 9.93. The number of amides is 2. The standard InChI is InChI=1S/C35H36FN7O3/c1-41-31-28(12-21(14-30(31)46-2)35(45)42-17-22(36)15-23(37)18-42)40-33(41)29-13-20-8-9-27(39-32(20)43(29)16-19-6-7-19)25-4-3-5-26-24(25)10-11-38-34(26)44/h3-5,8-9,12-14,19,22-23H,6-7,10-11,15-18,37H2,1-2H3,(H,38,44)/t22-,23-/m1/s1. The van der Waals surface area contributed by atoms with Crippen LogP contribution in [0.3, 0.4) is 0 Å². The minimum absolute atomic E-state index is 0.0234. The van der Waals surface area contributed by atoms with E-state index in [2.05, 4.69) is 22.0 Å². The lowest BCUT2D eigenvalue weighted by Gasteiger charge is -2.33. The molecule has 0 unspecified atom stereocenters. The van der Waals surface area contributed by atoms with Crippen molar-refractivity contribution in [2.45, 2.75) is 44.4 Å². The third-order valence-electron chi connectivity index (χ3n) is 9.59. The van der Waals surface area contributed by atoms with Gasteiger partial charge in [-0.15, -0.1) is 0 Å². The third kappa shape index (κ3) is 4.81. The van der Waals surface area contributed by atoms with E-state index in [0.29, 0.717) is 41.4 Å². The van der Waals surface area contributed by atoms with Crippen molar-refractivity contribution in [3.8, 4) is 28.5 Å². The Hall–Kier alpha value is -4.77. The molecule has 1 aliphatic carbocycles. The number of pyridine rings is 1. The van der Waals surface area contributed by atoms with Crippen molar-refractivity contribution in [1.82, 2.24) is 29.3 Å². The molecule has 0 spiro atoms. The van der Waals surface area contributed by atoms with Crippen LogP contribution < -0.4 is 15.8 Å². The normalized spacial score (nSPS) is 19.8. The molecule has 8 rings (SSSR count). The molecule has 2 aromatic carbocycles. The summed E-state index contributed by atoms with van der Waals surface area (Å²) in [5.74, 6) is 1.48. The first-order valence-electron chi connectivity index (χ1n) is 15.9. The number of piperidine rings is 1. The molecule has 46 heavy (non-hydrogen) atoms. The fourth-order valence-corrected chi connectivity index (χ4v) is 7.15. The Labute approximate surface area is 265 Å². The summed E-state index contributed by atoms with van der Waals surface area (Å²) in [5.41, 5.74) is 13.1. The number of aryl methyl sites for hydroxylation is 1. The van der Waals surface area contributed by atoms with Crippen molar-refractivity contribution < 1.29 is 18.7 Å². The van der Waals surface area contributed by atoms with Crippen molar-refractivity contribution in [2.75, 3.05) is 26.7 Å². The van der Waals surface area contributed by atoms with Crippen LogP contribution in [-0.4, -0.2) is 74.8 Å². The van der Waals surface area contributed by atoms with E-state index in [4.69, 9.17) is 20.4 Å². The van der Waals surface area contributed by atoms with Gasteiger partial charge in [-0.25, -0.2) is 14.4 Å². The van der Waals surface area contributed by atoms with E-state index in [9.17, 15) is 14.0 Å². The SMILES string of the molecule is COc1cc(C(=O)N2C[C@H](N)C[C@@H](F)C2)cc2nc(-c3cc4ccc(-c5cccc6c5CCNC6=O)nc4n3CC3CC3)n(C)c12. The number of nitrogens with one attached hydrogen (secondary N) is 1. The Bertz CT molecular complexity index is 2040. The summed E-state index contributed by atoms with van der Waals surface area (Å²) >= 11 is 0. The Morgan fingerprint density at radius 3 is 2.72 bits per heavy atom. The van der Waals surface area contributed by atoms with Crippen molar-refractivity contribution in [2.24, 2.45) is 18.7 Å². The largest absolute Gasteiger partial charge is 0.494 e. The number of nitrogens with two attached hydrogens (primary N) is 1. The molecule has 2 atom stereocenters. The van der Waals surface area contributed by atoms with Crippen LogP contribution in [0, 0.1) is 5.92 Å². The maximum atomic E-state index is 14.3. The molecule has 3 aliphatic rings. The first kappa shape index (κ1) is 28.7. The molecular weight excluding hydrogens is 585 g/mol. The van der Waals surface area contributed by atoms with Crippen molar-refractivity contribution >= 4 is 33.9 Å². The number of aromatic nitrogens is 4. The van der Waals surface area contributed by atoms with Crippen LogP contribution in [0.5, 0.6) is 5.75 Å². The zero-order valence-corrected chi connectivity index (χ0v) is 25.9. The Kier molecular flexibility index (Phi) is 6.82. The molecule has 11 heteroatoms. The van der Waals surface area contributed by atoms with Crippen molar-refractivity contribution in [3.05, 3.63) is 65.2 Å². The molecule has 1 saturated carbocycles. The Balaban J connectivity index is 1.24. The van der Waals surface area contributed by atoms with E-state index < -0.39 is 12.2 Å². The fourth-order valence-electron chi connectivity index (χ4n) is 7.15. The van der Waals surface area contributed by atoms with E-state index in [1.165, 1.54) is 17.7 Å². The number of methoxy groups -OCH3 is 1. The fraction of sp³-hybridized carbons (Fsp3) is 0.371. The maximum Gasteiger partial charge on any atom is 0.254 e. The van der Waals surface area contributed by atoms with E-state index in [0.717, 1.165) is 57.9 Å². The lowest BCUT2D eigenvalue weighted by Crippen LogP contribution is -2.50. The number of hydrogen-bond donors (Lipinski definition) is 2. The summed E-state index contributed by atoms with van der Waals surface area (Å²) < 4.78 is 24.3. The van der Waals surface area contributed by atoms with Gasteiger partial charge in [0.05, 0.1) is 30.6 Å². The number of carbonyl (C=O) groups excluding carboxylic acids is 2. The number of imidazole rings is 1. The molecule has 5 aromatic rings. The number of benzene rings is 2. The van der Waals surface area contributed by atoms with Gasteiger partial charge in [-0.05, 0) is 73.6 Å². The third-order valence-corrected chi connectivity index (χ3v) is 9.59. The van der Waals surface area contributed by atoms with Crippen LogP contribution in [0.15, 0.2) is 48.5 Å². The predicted octanol–water partition coefficient (Wildman–Crippen LogP) is 4.47. The van der Waals surface area contributed by atoms with Crippen LogP contribution in [-0.2, 0) is 20.0 Å². The molecule has 2 amide bonds. The minimum atomic E-state index is -1.14. The van der Waals surface area contributed by atoms with Gasteiger partial charge in [0.1, 0.15) is 23.1 Å². The first-order valence-corrected chi connectivity index (χ1v) is 15.9. The van der Waals surface area contributed by atoms with Gasteiger partial charge < -0.3 is 29.8 Å². The van der Waals surface area contributed by atoms with E-state index >= 15 is 0 Å². The van der Waals surface area contributed by atoms with Gasteiger partial charge in [0.2, 0.25) is 0 Å². The second-order valence-corrected chi connectivity index (χ2v) is 12.9. The summed E-state index contributed by atoms with van der Waals surface area (Å²) in [4.78, 5) is 37.8. The Morgan fingerprint density at radius 2 is 1.93 bits per heavy atom. The monoisotopic (exact) mass is 621 g/mol. The van der Waals surface area contributed by atoms with Gasteiger partial charge in [-0.2, -0.15) is 0 Å². The Morgan fingerprint density at radius 1 is 1.11 bits per heavy atom. The number of ether oxygens (including phenoxy) is 1. The topological polar surface area (TPSA) is 120 Å². The average molecular weight is 622 g/mol.